The van der Waals surface area contributed by atoms with E-state index >= 15 is 0 Å². The third-order valence-corrected chi connectivity index (χ3v) is 6.06. The van der Waals surface area contributed by atoms with Gasteiger partial charge in [-0.1, -0.05) is 30.8 Å². The van der Waals surface area contributed by atoms with Crippen LogP contribution in [0.5, 0.6) is 0 Å². The highest BCUT2D eigenvalue weighted by molar-refractivity contribution is 7.99. The van der Waals surface area contributed by atoms with Crippen LogP contribution in [0.2, 0.25) is 0 Å². The molecule has 0 saturated heterocycles. The van der Waals surface area contributed by atoms with Crippen molar-refractivity contribution >= 4 is 25.7 Å². The van der Waals surface area contributed by atoms with E-state index in [1.54, 1.807) is 6.07 Å². The number of non-ortho nitro benzene ring substituents is 1. The summed E-state index contributed by atoms with van der Waals surface area (Å²) in [6, 6.07) is 8.38. The molecule has 2 N–H and O–H groups in total. The Morgan fingerprint density at radius 1 is 1.33 bits per heavy atom. The van der Waals surface area contributed by atoms with E-state index in [-0.39, 0.29) is 23.4 Å². The smallest absolute Gasteiger partial charge is 0.454 e. The van der Waals surface area contributed by atoms with Gasteiger partial charge in [0.05, 0.1) is 11.5 Å². The largest absolute Gasteiger partial charge is 0.694 e. The van der Waals surface area contributed by atoms with Crippen LogP contribution >= 0.6 is 20.0 Å². The number of nitro benzene ring substituents is 1. The van der Waals surface area contributed by atoms with Gasteiger partial charge in [-0.05, 0) is 37.9 Å². The third-order valence-electron chi connectivity index (χ3n) is 4.67. The Labute approximate surface area is 195 Å². The molecule has 2 aromatic heterocycles. The van der Waals surface area contributed by atoms with Gasteiger partial charge >= 0.3 is 8.25 Å². The van der Waals surface area contributed by atoms with Gasteiger partial charge in [-0.15, -0.1) is 19.6 Å². The zero-order valence-electron chi connectivity index (χ0n) is 18.1. The number of nitrogens with zero attached hydrogens (tertiary/aromatic N) is 3. The topological polar surface area (TPSA) is 154 Å². The molecule has 0 radical (unpaired) electrons. The lowest BCUT2D eigenvalue weighted by molar-refractivity contribution is -0.384. The molecule has 2 atom stereocenters. The van der Waals surface area contributed by atoms with E-state index in [2.05, 4.69) is 20.0 Å². The zero-order chi connectivity index (χ0) is 23.8. The first kappa shape index (κ1) is 25.0. The number of aryl methyl sites for hydroxylation is 1. The molecule has 0 aliphatic carbocycles. The van der Waals surface area contributed by atoms with Crippen molar-refractivity contribution < 1.29 is 27.7 Å². The number of nitrogens with one attached hydrogen (secondary N) is 1. The molecule has 0 bridgehead atoms. The van der Waals surface area contributed by atoms with Crippen molar-refractivity contribution in [2.24, 2.45) is 0 Å². The molecule has 2 heterocycles. The van der Waals surface area contributed by atoms with E-state index in [9.17, 15) is 14.7 Å². The maximum atomic E-state index is 11.0. The molecule has 2 unspecified atom stereocenters. The number of rotatable bonds is 13. The molecule has 3 rings (SSSR count). The molecule has 176 valence electrons. The van der Waals surface area contributed by atoms with Gasteiger partial charge in [0.25, 0.3) is 16.8 Å². The number of furan rings is 1. The summed E-state index contributed by atoms with van der Waals surface area (Å²) in [5.74, 6) is 1.48. The number of hydrogen-bond acceptors (Lipinski definition) is 10. The average Bonchev–Trinajstić information content (AvgIpc) is 3.42. The van der Waals surface area contributed by atoms with Crippen LogP contribution in [0.3, 0.4) is 0 Å². The monoisotopic (exact) mass is 495 g/mol. The van der Waals surface area contributed by atoms with E-state index in [0.717, 1.165) is 11.1 Å². The molecule has 3 aromatic rings. The molecular weight excluding hydrogens is 471 g/mol. The second kappa shape index (κ2) is 12.0. The average molecular weight is 495 g/mol. The van der Waals surface area contributed by atoms with Crippen LogP contribution in [0.1, 0.15) is 42.4 Å². The van der Waals surface area contributed by atoms with Crippen LogP contribution in [0.15, 0.2) is 44.4 Å². The molecule has 0 amide bonds. The number of nitro groups is 1. The minimum atomic E-state index is -2.56. The van der Waals surface area contributed by atoms with Crippen molar-refractivity contribution in [3.63, 3.8) is 0 Å². The van der Waals surface area contributed by atoms with E-state index in [1.807, 2.05) is 26.0 Å². The molecule has 13 heteroatoms. The molecule has 0 aliphatic heterocycles. The van der Waals surface area contributed by atoms with Gasteiger partial charge in [-0.25, -0.2) is 0 Å². The van der Waals surface area contributed by atoms with E-state index in [1.165, 1.54) is 23.9 Å². The Hall–Kier alpha value is -2.63. The summed E-state index contributed by atoms with van der Waals surface area (Å²) in [5, 5.41) is 22.6. The fourth-order valence-corrected chi connectivity index (χ4v) is 4.11. The van der Waals surface area contributed by atoms with Gasteiger partial charge in [-0.2, -0.15) is 0 Å². The molecule has 0 aliphatic rings. The van der Waals surface area contributed by atoms with E-state index < -0.39 is 13.2 Å². The molecular formula is C20H24N4O7PS+. The summed E-state index contributed by atoms with van der Waals surface area (Å²) in [6.45, 7) is 5.16. The van der Waals surface area contributed by atoms with Gasteiger partial charge in [0.15, 0.2) is 5.76 Å². The van der Waals surface area contributed by atoms with Crippen LogP contribution in [0.25, 0.3) is 11.7 Å². The van der Waals surface area contributed by atoms with Crippen LogP contribution in [-0.2, 0) is 22.1 Å². The van der Waals surface area contributed by atoms with Crippen LogP contribution in [0, 0.1) is 10.1 Å². The quantitative estimate of drug-likeness (QED) is 0.110. The Kier molecular flexibility index (Phi) is 9.10. The fourth-order valence-electron chi connectivity index (χ4n) is 3.03. The number of benzene rings is 1. The van der Waals surface area contributed by atoms with Crippen molar-refractivity contribution in [1.29, 1.82) is 0 Å². The Balaban J connectivity index is 1.61. The van der Waals surface area contributed by atoms with Crippen LogP contribution in [0.4, 0.5) is 5.69 Å². The predicted molar refractivity (Wildman–Crippen MR) is 121 cm³/mol. The van der Waals surface area contributed by atoms with E-state index in [4.69, 9.17) is 13.7 Å². The van der Waals surface area contributed by atoms with E-state index in [0.29, 0.717) is 42.7 Å². The normalized spacial score (nSPS) is 12.6. The minimum absolute atomic E-state index is 0.0341. The maximum absolute atomic E-state index is 11.0. The second-order valence-electron chi connectivity index (χ2n) is 7.01. The van der Waals surface area contributed by atoms with Crippen molar-refractivity contribution in [2.45, 2.75) is 43.7 Å². The number of hydrogen-bond donors (Lipinski definition) is 2. The minimum Gasteiger partial charge on any atom is -0.454 e. The Morgan fingerprint density at radius 3 is 2.88 bits per heavy atom. The Morgan fingerprint density at radius 2 is 2.15 bits per heavy atom. The van der Waals surface area contributed by atoms with Crippen molar-refractivity contribution in [3.8, 4) is 11.7 Å². The SMILES string of the molecule is CCc1cc(CNCCCO[P+](=O)O)oc1-c1nnc(SC(C)c2cccc([N+](=O)[O-])c2)o1. The van der Waals surface area contributed by atoms with Gasteiger partial charge in [-0.3, -0.25) is 10.1 Å². The molecule has 1 aromatic carbocycles. The molecule has 0 fully saturated rings. The standard InChI is InChI=1S/C20H23N4O7PS/c1-3-14-11-17(12-21-8-5-9-29-32(27)28)30-18(14)19-22-23-20(31-19)33-13(2)15-6-4-7-16(10-15)24(25)26/h4,6-7,10-11,13,21H,3,5,8-9,12H2,1-2H3/p+1. The summed E-state index contributed by atoms with van der Waals surface area (Å²) in [7, 11) is -2.56. The lowest BCUT2D eigenvalue weighted by atomic mass is 10.1. The fraction of sp³-hybridized carbons (Fsp3) is 0.400. The van der Waals surface area contributed by atoms with Gasteiger partial charge < -0.3 is 14.2 Å². The zero-order valence-corrected chi connectivity index (χ0v) is 19.8. The van der Waals surface area contributed by atoms with Crippen molar-refractivity contribution in [3.05, 3.63) is 57.3 Å². The van der Waals surface area contributed by atoms with Crippen LogP contribution < -0.4 is 5.32 Å². The highest BCUT2D eigenvalue weighted by Gasteiger charge is 2.20. The summed E-state index contributed by atoms with van der Waals surface area (Å²) < 4.78 is 26.8. The van der Waals surface area contributed by atoms with Gasteiger partial charge in [0, 0.05) is 27.5 Å². The van der Waals surface area contributed by atoms with Crippen molar-refractivity contribution in [2.75, 3.05) is 13.2 Å². The summed E-state index contributed by atoms with van der Waals surface area (Å²) in [6.07, 6.45) is 1.30. The second-order valence-corrected chi connectivity index (χ2v) is 9.03. The summed E-state index contributed by atoms with van der Waals surface area (Å²) in [5.41, 5.74) is 1.75. The number of thioether (sulfide) groups is 1. The first-order valence-corrected chi connectivity index (χ1v) is 12.2. The van der Waals surface area contributed by atoms with Gasteiger partial charge in [0.1, 0.15) is 12.4 Å². The predicted octanol–water partition coefficient (Wildman–Crippen LogP) is 4.80. The molecule has 0 saturated carbocycles. The number of aromatic nitrogens is 2. The highest BCUT2D eigenvalue weighted by Crippen LogP contribution is 2.37. The molecule has 0 spiro atoms. The summed E-state index contributed by atoms with van der Waals surface area (Å²) in [4.78, 5) is 19.2. The molecule has 33 heavy (non-hydrogen) atoms. The van der Waals surface area contributed by atoms with Gasteiger partial charge in [0.2, 0.25) is 0 Å². The summed E-state index contributed by atoms with van der Waals surface area (Å²) >= 11 is 1.31. The lowest BCUT2D eigenvalue weighted by Gasteiger charge is -2.08. The highest BCUT2D eigenvalue weighted by atomic mass is 32.2. The van der Waals surface area contributed by atoms with Crippen molar-refractivity contribution in [1.82, 2.24) is 15.5 Å². The lowest BCUT2D eigenvalue weighted by Crippen LogP contribution is -2.15. The maximum Gasteiger partial charge on any atom is 0.694 e. The Bertz CT molecular complexity index is 1100. The third kappa shape index (κ3) is 7.18. The molecule has 11 nitrogen and oxygen atoms in total. The first-order valence-electron chi connectivity index (χ1n) is 10.2. The van der Waals surface area contributed by atoms with Crippen LogP contribution in [-0.4, -0.2) is 33.2 Å². The first-order chi connectivity index (χ1) is 15.9.